The number of aliphatic hydroxyl groups excluding tert-OH is 1. The molecule has 0 spiro atoms. The van der Waals surface area contributed by atoms with Crippen LogP contribution >= 0.6 is 0 Å². The maximum absolute atomic E-state index is 12.3. The van der Waals surface area contributed by atoms with E-state index in [0.717, 1.165) is 32.2 Å². The predicted molar refractivity (Wildman–Crippen MR) is 91.9 cm³/mol. The second-order valence-corrected chi connectivity index (χ2v) is 7.03. The molecule has 0 aliphatic rings. The lowest BCUT2D eigenvalue weighted by Crippen LogP contribution is -2.41. The van der Waals surface area contributed by atoms with E-state index >= 15 is 0 Å². The summed E-state index contributed by atoms with van der Waals surface area (Å²) in [6.07, 6.45) is 9.81. The first kappa shape index (κ1) is 21.4. The molecule has 132 valence electrons. The van der Waals surface area contributed by atoms with E-state index in [4.69, 9.17) is 9.84 Å². The Morgan fingerprint density at radius 1 is 1.05 bits per heavy atom. The van der Waals surface area contributed by atoms with Gasteiger partial charge in [-0.1, -0.05) is 45.4 Å². The maximum atomic E-state index is 12.3. The van der Waals surface area contributed by atoms with Crippen molar-refractivity contribution >= 4 is 5.97 Å². The van der Waals surface area contributed by atoms with Crippen LogP contribution in [-0.2, 0) is 9.53 Å². The zero-order valence-corrected chi connectivity index (χ0v) is 15.1. The number of carbonyl (C=O) groups is 1. The summed E-state index contributed by atoms with van der Waals surface area (Å²) in [5, 5.41) is 12.1. The minimum Gasteiger partial charge on any atom is -0.459 e. The summed E-state index contributed by atoms with van der Waals surface area (Å²) in [6, 6.07) is -0.218. The number of ether oxygens (including phenoxy) is 1. The van der Waals surface area contributed by atoms with E-state index in [0.29, 0.717) is 0 Å². The van der Waals surface area contributed by atoms with Crippen molar-refractivity contribution in [3.63, 3.8) is 0 Å². The third-order valence-electron chi connectivity index (χ3n) is 3.51. The van der Waals surface area contributed by atoms with Gasteiger partial charge in [0, 0.05) is 6.61 Å². The third kappa shape index (κ3) is 13.1. The molecule has 0 rings (SSSR count). The Morgan fingerprint density at radius 2 is 1.68 bits per heavy atom. The van der Waals surface area contributed by atoms with Gasteiger partial charge in [-0.15, -0.1) is 0 Å². The van der Waals surface area contributed by atoms with Crippen molar-refractivity contribution in [3.05, 3.63) is 0 Å². The topological polar surface area (TPSA) is 58.6 Å². The van der Waals surface area contributed by atoms with Crippen LogP contribution in [0.25, 0.3) is 0 Å². The molecule has 1 atom stereocenters. The maximum Gasteiger partial charge on any atom is 0.323 e. The number of aliphatic hydroxyl groups is 1. The molecule has 0 aliphatic carbocycles. The number of carbonyl (C=O) groups excluding carboxylic acids is 1. The molecular weight excluding hydrogens is 278 g/mol. The normalized spacial score (nSPS) is 13.1. The summed E-state index contributed by atoms with van der Waals surface area (Å²) in [4.78, 5) is 12.3. The lowest BCUT2D eigenvalue weighted by atomic mass is 10.0. The van der Waals surface area contributed by atoms with Gasteiger partial charge < -0.3 is 15.2 Å². The summed E-state index contributed by atoms with van der Waals surface area (Å²) in [7, 11) is 0. The molecule has 4 nitrogen and oxygen atoms in total. The van der Waals surface area contributed by atoms with Crippen molar-refractivity contribution in [3.8, 4) is 0 Å². The second-order valence-electron chi connectivity index (χ2n) is 7.03. The number of nitrogens with one attached hydrogen (secondary N) is 1. The van der Waals surface area contributed by atoms with Gasteiger partial charge in [0.15, 0.2) is 0 Å². The standard InChI is InChI=1S/C18H37NO3/c1-5-6-7-8-9-10-13-16(19-14-11-12-15-20)17(21)22-18(2,3)4/h16,19-20H,5-15H2,1-4H3. The van der Waals surface area contributed by atoms with Gasteiger partial charge in [0.25, 0.3) is 0 Å². The fourth-order valence-electron chi connectivity index (χ4n) is 2.32. The van der Waals surface area contributed by atoms with Crippen molar-refractivity contribution in [2.45, 2.75) is 97.1 Å². The van der Waals surface area contributed by atoms with E-state index in [1.54, 1.807) is 0 Å². The fourth-order valence-corrected chi connectivity index (χ4v) is 2.32. The number of hydrogen-bond donors (Lipinski definition) is 2. The van der Waals surface area contributed by atoms with Crippen molar-refractivity contribution in [1.29, 1.82) is 0 Å². The Hall–Kier alpha value is -0.610. The predicted octanol–water partition coefficient (Wildman–Crippen LogP) is 3.81. The van der Waals surface area contributed by atoms with Crippen molar-refractivity contribution in [2.24, 2.45) is 0 Å². The largest absolute Gasteiger partial charge is 0.459 e. The Morgan fingerprint density at radius 3 is 2.27 bits per heavy atom. The minimum absolute atomic E-state index is 0.148. The molecule has 0 aliphatic heterocycles. The summed E-state index contributed by atoms with van der Waals surface area (Å²) in [5.41, 5.74) is -0.441. The Labute approximate surface area is 137 Å². The van der Waals surface area contributed by atoms with Crippen LogP contribution in [0.1, 0.15) is 85.5 Å². The first-order valence-corrected chi connectivity index (χ1v) is 8.97. The summed E-state index contributed by atoms with van der Waals surface area (Å²) >= 11 is 0. The van der Waals surface area contributed by atoms with Gasteiger partial charge in [-0.2, -0.15) is 0 Å². The van der Waals surface area contributed by atoms with Crippen LogP contribution in [0, 0.1) is 0 Å². The molecule has 0 radical (unpaired) electrons. The molecule has 0 bridgehead atoms. The van der Waals surface area contributed by atoms with Gasteiger partial charge in [-0.05, 0) is 46.6 Å². The molecule has 0 amide bonds. The van der Waals surface area contributed by atoms with Crippen LogP contribution in [-0.4, -0.2) is 35.9 Å². The first-order valence-electron chi connectivity index (χ1n) is 8.97. The average Bonchev–Trinajstić information content (AvgIpc) is 2.42. The van der Waals surface area contributed by atoms with E-state index in [-0.39, 0.29) is 18.6 Å². The molecule has 0 heterocycles. The van der Waals surface area contributed by atoms with Crippen LogP contribution in [0.5, 0.6) is 0 Å². The molecule has 0 aromatic carbocycles. The monoisotopic (exact) mass is 315 g/mol. The molecule has 2 N–H and O–H groups in total. The van der Waals surface area contributed by atoms with E-state index in [1.165, 1.54) is 32.1 Å². The number of unbranched alkanes of at least 4 members (excludes halogenated alkanes) is 6. The highest BCUT2D eigenvalue weighted by Crippen LogP contribution is 2.13. The van der Waals surface area contributed by atoms with Crippen LogP contribution in [0.2, 0.25) is 0 Å². The number of rotatable bonds is 13. The molecule has 0 fully saturated rings. The van der Waals surface area contributed by atoms with Gasteiger partial charge in [0.2, 0.25) is 0 Å². The van der Waals surface area contributed by atoms with Gasteiger partial charge in [-0.25, -0.2) is 0 Å². The molecule has 1 unspecified atom stereocenters. The zero-order valence-electron chi connectivity index (χ0n) is 15.1. The molecule has 0 saturated heterocycles. The fraction of sp³-hybridized carbons (Fsp3) is 0.944. The van der Waals surface area contributed by atoms with E-state index in [2.05, 4.69) is 12.2 Å². The van der Waals surface area contributed by atoms with E-state index in [9.17, 15) is 4.79 Å². The first-order chi connectivity index (χ1) is 10.4. The molecule has 0 aromatic heterocycles. The molecule has 22 heavy (non-hydrogen) atoms. The smallest absolute Gasteiger partial charge is 0.323 e. The zero-order chi connectivity index (χ0) is 16.8. The Balaban J connectivity index is 4.12. The van der Waals surface area contributed by atoms with Crippen LogP contribution in [0.3, 0.4) is 0 Å². The van der Waals surface area contributed by atoms with Gasteiger partial charge in [-0.3, -0.25) is 4.79 Å². The van der Waals surface area contributed by atoms with Gasteiger partial charge >= 0.3 is 5.97 Å². The minimum atomic E-state index is -0.441. The van der Waals surface area contributed by atoms with Crippen molar-refractivity contribution < 1.29 is 14.6 Å². The highest BCUT2D eigenvalue weighted by molar-refractivity contribution is 5.76. The molecule has 0 saturated carbocycles. The van der Waals surface area contributed by atoms with Crippen LogP contribution in [0.4, 0.5) is 0 Å². The number of hydrogen-bond acceptors (Lipinski definition) is 4. The van der Waals surface area contributed by atoms with Gasteiger partial charge in [0.05, 0.1) is 0 Å². The summed E-state index contributed by atoms with van der Waals surface area (Å²) in [6.45, 7) is 8.88. The van der Waals surface area contributed by atoms with Crippen molar-refractivity contribution in [2.75, 3.05) is 13.2 Å². The Bertz CT molecular complexity index is 274. The molecular formula is C18H37NO3. The SMILES string of the molecule is CCCCCCCCC(NCCCCO)C(=O)OC(C)(C)C. The average molecular weight is 315 g/mol. The Kier molecular flexibility index (Phi) is 12.5. The third-order valence-corrected chi connectivity index (χ3v) is 3.51. The van der Waals surface area contributed by atoms with E-state index in [1.807, 2.05) is 20.8 Å². The molecule has 0 aromatic rings. The van der Waals surface area contributed by atoms with Crippen LogP contribution < -0.4 is 5.32 Å². The highest BCUT2D eigenvalue weighted by atomic mass is 16.6. The van der Waals surface area contributed by atoms with Crippen molar-refractivity contribution in [1.82, 2.24) is 5.32 Å². The molecule has 4 heteroatoms. The lowest BCUT2D eigenvalue weighted by Gasteiger charge is -2.24. The quantitative estimate of drug-likeness (QED) is 0.401. The second kappa shape index (κ2) is 12.9. The lowest BCUT2D eigenvalue weighted by molar-refractivity contribution is -0.157. The summed E-state index contributed by atoms with van der Waals surface area (Å²) < 4.78 is 5.50. The number of esters is 1. The highest BCUT2D eigenvalue weighted by Gasteiger charge is 2.24. The van der Waals surface area contributed by atoms with Gasteiger partial charge in [0.1, 0.15) is 11.6 Å². The summed E-state index contributed by atoms with van der Waals surface area (Å²) in [5.74, 6) is -0.148. The van der Waals surface area contributed by atoms with E-state index < -0.39 is 5.60 Å². The van der Waals surface area contributed by atoms with Crippen LogP contribution in [0.15, 0.2) is 0 Å².